The van der Waals surface area contributed by atoms with E-state index in [0.717, 1.165) is 58.4 Å². The topological polar surface area (TPSA) is 67.9 Å². The van der Waals surface area contributed by atoms with Gasteiger partial charge in [-0.1, -0.05) is 0 Å². The summed E-state index contributed by atoms with van der Waals surface area (Å²) in [6, 6.07) is 0. The number of nitrogens with zero attached hydrogens (tertiary/aromatic N) is 1. The Bertz CT molecular complexity index is 504. The van der Waals surface area contributed by atoms with Crippen molar-refractivity contribution in [3.63, 3.8) is 0 Å². The molecule has 6 heteroatoms. The van der Waals surface area contributed by atoms with Gasteiger partial charge in [0.2, 0.25) is 0 Å². The molecule has 2 rings (SSSR count). The Morgan fingerprint density at radius 1 is 0.926 bits per heavy atom. The van der Waals surface area contributed by atoms with E-state index in [2.05, 4.69) is 10.2 Å². The number of nitrogens with one attached hydrogen (secondary N) is 1. The van der Waals surface area contributed by atoms with Crippen LogP contribution >= 0.6 is 0 Å². The standard InChI is InChI=1S/C21H38N2O4/c1-16(24)26-20(2,3)18-8-13-23(14-9-18)15-10-19(25)27-21(4,5)17-6-11-22-12-7-17/h17-18,22H,6-15H2,1-5H3. The van der Waals surface area contributed by atoms with Gasteiger partial charge in [-0.2, -0.15) is 0 Å². The molecule has 0 radical (unpaired) electrons. The van der Waals surface area contributed by atoms with Crippen LogP contribution in [-0.2, 0) is 19.1 Å². The molecule has 0 aliphatic carbocycles. The molecular weight excluding hydrogens is 344 g/mol. The summed E-state index contributed by atoms with van der Waals surface area (Å²) in [4.78, 5) is 26.0. The van der Waals surface area contributed by atoms with Crippen molar-refractivity contribution >= 4 is 11.9 Å². The minimum atomic E-state index is -0.421. The van der Waals surface area contributed by atoms with Gasteiger partial charge in [-0.25, -0.2) is 0 Å². The van der Waals surface area contributed by atoms with Crippen LogP contribution in [0.15, 0.2) is 0 Å². The summed E-state index contributed by atoms with van der Waals surface area (Å²) in [6.45, 7) is 14.2. The Balaban J connectivity index is 1.71. The molecule has 2 aliphatic rings. The van der Waals surface area contributed by atoms with E-state index in [4.69, 9.17) is 9.47 Å². The van der Waals surface area contributed by atoms with E-state index in [-0.39, 0.29) is 17.5 Å². The monoisotopic (exact) mass is 382 g/mol. The van der Waals surface area contributed by atoms with Gasteiger partial charge < -0.3 is 19.7 Å². The number of piperidine rings is 2. The van der Waals surface area contributed by atoms with Crippen LogP contribution in [0.2, 0.25) is 0 Å². The van der Waals surface area contributed by atoms with E-state index in [1.54, 1.807) is 0 Å². The molecule has 0 aromatic carbocycles. The maximum atomic E-state index is 12.4. The Labute approximate surface area is 164 Å². The molecule has 2 heterocycles. The lowest BCUT2D eigenvalue weighted by Crippen LogP contribution is -2.45. The third-order valence-corrected chi connectivity index (χ3v) is 6.31. The molecule has 2 fully saturated rings. The van der Waals surface area contributed by atoms with Gasteiger partial charge in [-0.3, -0.25) is 9.59 Å². The second-order valence-corrected chi connectivity index (χ2v) is 9.16. The number of carbonyl (C=O) groups excluding carboxylic acids is 2. The maximum Gasteiger partial charge on any atom is 0.307 e. The Morgan fingerprint density at radius 3 is 2.00 bits per heavy atom. The lowest BCUT2D eigenvalue weighted by molar-refractivity contribution is -0.164. The fourth-order valence-electron chi connectivity index (χ4n) is 4.50. The van der Waals surface area contributed by atoms with Crippen LogP contribution in [0, 0.1) is 11.8 Å². The second kappa shape index (κ2) is 9.37. The summed E-state index contributed by atoms with van der Waals surface area (Å²) in [5, 5.41) is 3.36. The Kier molecular flexibility index (Phi) is 7.69. The summed E-state index contributed by atoms with van der Waals surface area (Å²) in [5.74, 6) is 0.479. The smallest absolute Gasteiger partial charge is 0.307 e. The summed E-state index contributed by atoms with van der Waals surface area (Å²) in [5.41, 5.74) is -0.810. The molecule has 2 saturated heterocycles. The maximum absolute atomic E-state index is 12.4. The third-order valence-electron chi connectivity index (χ3n) is 6.31. The number of hydrogen-bond donors (Lipinski definition) is 1. The number of ether oxygens (including phenoxy) is 2. The first kappa shape index (κ1) is 22.2. The lowest BCUT2D eigenvalue weighted by atomic mass is 9.82. The SMILES string of the molecule is CC(=O)OC(C)(C)C1CCN(CCC(=O)OC(C)(C)C2CCNCC2)CC1. The average Bonchev–Trinajstić information content (AvgIpc) is 2.60. The fourth-order valence-corrected chi connectivity index (χ4v) is 4.50. The van der Waals surface area contributed by atoms with Crippen LogP contribution in [0.1, 0.15) is 66.7 Å². The van der Waals surface area contributed by atoms with Gasteiger partial charge in [0.05, 0.1) is 6.42 Å². The molecule has 156 valence electrons. The number of likely N-dealkylation sites (tertiary alicyclic amines) is 1. The summed E-state index contributed by atoms with van der Waals surface area (Å²) < 4.78 is 11.3. The van der Waals surface area contributed by atoms with Gasteiger partial charge in [0.25, 0.3) is 0 Å². The zero-order chi connectivity index (χ0) is 20.1. The molecule has 27 heavy (non-hydrogen) atoms. The van der Waals surface area contributed by atoms with Crippen molar-refractivity contribution < 1.29 is 19.1 Å². The zero-order valence-corrected chi connectivity index (χ0v) is 17.8. The van der Waals surface area contributed by atoms with Crippen LogP contribution in [0.25, 0.3) is 0 Å². The summed E-state index contributed by atoms with van der Waals surface area (Å²) >= 11 is 0. The van der Waals surface area contributed by atoms with Crippen molar-refractivity contribution in [2.75, 3.05) is 32.7 Å². The molecule has 0 atom stereocenters. The largest absolute Gasteiger partial charge is 0.460 e. The molecule has 0 amide bonds. The van der Waals surface area contributed by atoms with E-state index in [1.807, 2.05) is 27.7 Å². The highest BCUT2D eigenvalue weighted by molar-refractivity contribution is 5.70. The van der Waals surface area contributed by atoms with Crippen molar-refractivity contribution in [1.82, 2.24) is 10.2 Å². The second-order valence-electron chi connectivity index (χ2n) is 9.16. The van der Waals surface area contributed by atoms with Gasteiger partial charge in [0.1, 0.15) is 11.2 Å². The highest BCUT2D eigenvalue weighted by atomic mass is 16.6. The number of esters is 2. The first-order chi connectivity index (χ1) is 12.6. The molecule has 2 aliphatic heterocycles. The molecule has 0 spiro atoms. The van der Waals surface area contributed by atoms with Crippen LogP contribution < -0.4 is 5.32 Å². The predicted molar refractivity (Wildman–Crippen MR) is 105 cm³/mol. The first-order valence-corrected chi connectivity index (χ1v) is 10.4. The third kappa shape index (κ3) is 6.75. The van der Waals surface area contributed by atoms with Gasteiger partial charge >= 0.3 is 11.9 Å². The lowest BCUT2D eigenvalue weighted by Gasteiger charge is -2.40. The molecule has 0 unspecified atom stereocenters. The molecule has 0 bridgehead atoms. The van der Waals surface area contributed by atoms with E-state index >= 15 is 0 Å². The minimum Gasteiger partial charge on any atom is -0.460 e. The van der Waals surface area contributed by atoms with Crippen molar-refractivity contribution in [3.8, 4) is 0 Å². The van der Waals surface area contributed by atoms with Gasteiger partial charge in [0, 0.05) is 25.3 Å². The Morgan fingerprint density at radius 2 is 1.44 bits per heavy atom. The van der Waals surface area contributed by atoms with Gasteiger partial charge in [-0.15, -0.1) is 0 Å². The van der Waals surface area contributed by atoms with Crippen LogP contribution in [-0.4, -0.2) is 60.8 Å². The summed E-state index contributed by atoms with van der Waals surface area (Å²) in [7, 11) is 0. The molecular formula is C21H38N2O4. The molecule has 6 nitrogen and oxygen atoms in total. The number of hydrogen-bond acceptors (Lipinski definition) is 6. The van der Waals surface area contributed by atoms with Gasteiger partial charge in [-0.05, 0) is 79.6 Å². The van der Waals surface area contributed by atoms with Crippen molar-refractivity contribution in [1.29, 1.82) is 0 Å². The van der Waals surface area contributed by atoms with E-state index in [9.17, 15) is 9.59 Å². The quantitative estimate of drug-likeness (QED) is 0.683. The summed E-state index contributed by atoms with van der Waals surface area (Å²) in [6.07, 6.45) is 4.52. The predicted octanol–water partition coefficient (Wildman–Crippen LogP) is 2.75. The average molecular weight is 383 g/mol. The van der Waals surface area contributed by atoms with Crippen LogP contribution in [0.5, 0.6) is 0 Å². The highest BCUT2D eigenvalue weighted by Crippen LogP contribution is 2.32. The van der Waals surface area contributed by atoms with Crippen molar-refractivity contribution in [2.24, 2.45) is 11.8 Å². The van der Waals surface area contributed by atoms with E-state index in [0.29, 0.717) is 18.3 Å². The molecule has 0 aromatic rings. The van der Waals surface area contributed by atoms with Crippen molar-refractivity contribution in [3.05, 3.63) is 0 Å². The van der Waals surface area contributed by atoms with Gasteiger partial charge in [0.15, 0.2) is 0 Å². The highest BCUT2D eigenvalue weighted by Gasteiger charge is 2.36. The number of carbonyl (C=O) groups is 2. The minimum absolute atomic E-state index is 0.0964. The van der Waals surface area contributed by atoms with Crippen LogP contribution in [0.4, 0.5) is 0 Å². The molecule has 1 N–H and O–H groups in total. The normalized spacial score (nSPS) is 21.1. The van der Waals surface area contributed by atoms with Crippen molar-refractivity contribution in [2.45, 2.75) is 77.9 Å². The zero-order valence-electron chi connectivity index (χ0n) is 17.8. The molecule has 0 saturated carbocycles. The van der Waals surface area contributed by atoms with E-state index < -0.39 is 5.60 Å². The first-order valence-electron chi connectivity index (χ1n) is 10.4. The Hall–Kier alpha value is -1.14. The number of rotatable bonds is 7. The van der Waals surface area contributed by atoms with E-state index in [1.165, 1.54) is 6.92 Å². The molecule has 0 aromatic heterocycles. The van der Waals surface area contributed by atoms with Crippen LogP contribution in [0.3, 0.4) is 0 Å². The fraction of sp³-hybridized carbons (Fsp3) is 0.905.